The first-order chi connectivity index (χ1) is 13.1. The predicted molar refractivity (Wildman–Crippen MR) is 113 cm³/mol. The molecule has 0 aliphatic heterocycles. The number of carbonyl (C=O) groups is 1. The Kier molecular flexibility index (Phi) is 24.1. The Hall–Kier alpha value is -0.510. The van der Waals surface area contributed by atoms with E-state index in [1.165, 1.54) is 76.2 Å². The van der Waals surface area contributed by atoms with Gasteiger partial charge in [-0.2, -0.15) is 0 Å². The van der Waals surface area contributed by atoms with Gasteiger partial charge in [-0.25, -0.2) is 0 Å². The van der Waals surface area contributed by atoms with E-state index >= 15 is 0 Å². The van der Waals surface area contributed by atoms with Gasteiger partial charge in [-0.3, -0.25) is 4.79 Å². The van der Waals surface area contributed by atoms with Gasteiger partial charge in [-0.1, -0.05) is 109 Å². The average molecular weight is 401 g/mol. The third kappa shape index (κ3) is 21.8. The largest absolute Gasteiger partial charge is 1.00 e. The van der Waals surface area contributed by atoms with E-state index in [4.69, 9.17) is 5.11 Å². The first-order valence-corrected chi connectivity index (χ1v) is 11.1. The van der Waals surface area contributed by atoms with E-state index in [-0.39, 0.29) is 35.3 Å². The third-order valence-electron chi connectivity index (χ3n) is 4.74. The molecule has 0 bridgehead atoms. The first kappa shape index (κ1) is 29.7. The normalized spacial score (nSPS) is 9.93. The molecule has 0 aliphatic rings. The molecule has 1 aromatic carbocycles. The molecular formula is C24H41NaO3. The number of rotatable bonds is 15. The maximum atomic E-state index is 10.9. The molecule has 0 heterocycles. The van der Waals surface area contributed by atoms with Gasteiger partial charge >= 0.3 is 35.5 Å². The molecule has 0 aromatic heterocycles. The molecule has 156 valence electrons. The molecule has 0 aliphatic carbocycles. The molecule has 0 atom stereocenters. The van der Waals surface area contributed by atoms with Crippen molar-refractivity contribution < 1.29 is 44.6 Å². The fourth-order valence-corrected chi connectivity index (χ4v) is 3.00. The van der Waals surface area contributed by atoms with Gasteiger partial charge in [0.05, 0.1) is 0 Å². The summed E-state index contributed by atoms with van der Waals surface area (Å²) in [6.45, 7) is 4.41. The number of unbranched alkanes of at least 4 members (excludes halogenated alkanes) is 11. The zero-order chi connectivity index (χ0) is 20.2. The molecule has 28 heavy (non-hydrogen) atoms. The summed E-state index contributed by atoms with van der Waals surface area (Å²) in [5, 5.41) is 19.2. The van der Waals surface area contributed by atoms with Crippen LogP contribution in [0.3, 0.4) is 0 Å². The van der Waals surface area contributed by atoms with Crippen LogP contribution in [0.1, 0.15) is 109 Å². The molecule has 0 saturated heterocycles. The summed E-state index contributed by atoms with van der Waals surface area (Å²) < 4.78 is 0. The summed E-state index contributed by atoms with van der Waals surface area (Å²) in [5.74, 6) is -0.554. The predicted octanol–water partition coefficient (Wildman–Crippen LogP) is 3.88. The molecule has 1 aromatic rings. The van der Waals surface area contributed by atoms with E-state index in [9.17, 15) is 9.90 Å². The zero-order valence-electron chi connectivity index (χ0n) is 18.7. The van der Waals surface area contributed by atoms with Crippen LogP contribution in [0.15, 0.2) is 24.3 Å². The van der Waals surface area contributed by atoms with E-state index in [0.717, 1.165) is 19.3 Å². The summed E-state index contributed by atoms with van der Waals surface area (Å²) in [6.07, 6.45) is 17.9. The molecule has 0 saturated carbocycles. The summed E-state index contributed by atoms with van der Waals surface area (Å²) in [4.78, 5) is 10.0. The Labute approximate surface area is 195 Å². The van der Waals surface area contributed by atoms with E-state index in [0.29, 0.717) is 6.42 Å². The first-order valence-electron chi connectivity index (χ1n) is 11.1. The molecule has 0 fully saturated rings. The van der Waals surface area contributed by atoms with Crippen molar-refractivity contribution in [2.24, 2.45) is 0 Å². The van der Waals surface area contributed by atoms with E-state index in [1.54, 1.807) is 12.1 Å². The van der Waals surface area contributed by atoms with Crippen LogP contribution in [0.5, 0.6) is 5.75 Å². The van der Waals surface area contributed by atoms with Crippen LogP contribution in [-0.2, 0) is 11.2 Å². The van der Waals surface area contributed by atoms with Crippen molar-refractivity contribution in [1.29, 1.82) is 0 Å². The summed E-state index contributed by atoms with van der Waals surface area (Å²) in [5.41, 5.74) is 1.30. The molecular weight excluding hydrogens is 359 g/mol. The standard InChI is InChI=1S/C16H26O.C8H16O2.Na/c1-2-3-4-5-6-7-8-9-10-15-11-13-16(17)14-12-15;1-2-3-4-5-6-7-8(9)10;/h11-14,17H,2-10H2,1H3;2-7H2,1H3,(H,9,10);/q;;+1/p-1. The van der Waals surface area contributed by atoms with Crippen LogP contribution in [0.25, 0.3) is 0 Å². The number of carboxylic acids is 1. The molecule has 0 spiro atoms. The van der Waals surface area contributed by atoms with E-state index in [2.05, 4.69) is 13.8 Å². The van der Waals surface area contributed by atoms with Crippen LogP contribution in [-0.4, -0.2) is 11.1 Å². The van der Waals surface area contributed by atoms with Gasteiger partial charge in [0.2, 0.25) is 0 Å². The van der Waals surface area contributed by atoms with Crippen LogP contribution in [0.2, 0.25) is 0 Å². The second-order valence-electron chi connectivity index (χ2n) is 7.43. The summed E-state index contributed by atoms with van der Waals surface area (Å²) >= 11 is 0. The fraction of sp³-hybridized carbons (Fsp3) is 0.708. The Bertz CT molecular complexity index is 446. The van der Waals surface area contributed by atoms with Gasteiger partial charge in [0.1, 0.15) is 0 Å². The van der Waals surface area contributed by atoms with Crippen LogP contribution < -0.4 is 34.7 Å². The van der Waals surface area contributed by atoms with Crippen LogP contribution in [0, 0.1) is 0 Å². The van der Waals surface area contributed by atoms with Gasteiger partial charge in [0.25, 0.3) is 0 Å². The van der Waals surface area contributed by atoms with Gasteiger partial charge in [0.15, 0.2) is 0 Å². The van der Waals surface area contributed by atoms with Gasteiger partial charge in [-0.15, -0.1) is 5.75 Å². The van der Waals surface area contributed by atoms with Crippen molar-refractivity contribution in [3.05, 3.63) is 29.8 Å². The number of hydrogen-bond donors (Lipinski definition) is 1. The Balaban J connectivity index is 0. The van der Waals surface area contributed by atoms with Crippen molar-refractivity contribution in [3.8, 4) is 5.75 Å². The van der Waals surface area contributed by atoms with Crippen LogP contribution >= 0.6 is 0 Å². The molecule has 0 radical (unpaired) electrons. The number of carboxylic acid groups (broad SMARTS) is 1. The smallest absolute Gasteiger partial charge is 0.872 e. The van der Waals surface area contributed by atoms with E-state index < -0.39 is 5.97 Å². The average Bonchev–Trinajstić information content (AvgIpc) is 2.65. The van der Waals surface area contributed by atoms with Gasteiger partial charge in [0, 0.05) is 6.42 Å². The monoisotopic (exact) mass is 400 g/mol. The molecule has 4 heteroatoms. The van der Waals surface area contributed by atoms with Crippen molar-refractivity contribution >= 4 is 5.97 Å². The van der Waals surface area contributed by atoms with Crippen molar-refractivity contribution in [1.82, 2.24) is 0 Å². The minimum atomic E-state index is -0.670. The molecule has 0 unspecified atom stereocenters. The summed E-state index contributed by atoms with van der Waals surface area (Å²) in [6, 6.07) is 7.26. The quantitative estimate of drug-likeness (QED) is 0.359. The molecule has 1 N–H and O–H groups in total. The Morgan fingerprint density at radius 2 is 1.18 bits per heavy atom. The number of aryl methyl sites for hydroxylation is 1. The van der Waals surface area contributed by atoms with Crippen molar-refractivity contribution in [3.63, 3.8) is 0 Å². The number of aliphatic carboxylic acids is 1. The summed E-state index contributed by atoms with van der Waals surface area (Å²) in [7, 11) is 0. The SMILES string of the molecule is CCCCCCCC(=O)O.CCCCCCCCCCc1ccc([O-])cc1.[Na+]. The number of benzene rings is 1. The second-order valence-corrected chi connectivity index (χ2v) is 7.43. The third-order valence-corrected chi connectivity index (χ3v) is 4.74. The van der Waals surface area contributed by atoms with Gasteiger partial charge < -0.3 is 10.2 Å². The topological polar surface area (TPSA) is 60.4 Å². The fourth-order valence-electron chi connectivity index (χ4n) is 3.00. The van der Waals surface area contributed by atoms with Gasteiger partial charge in [-0.05, 0) is 24.8 Å². The minimum absolute atomic E-state index is 0. The number of hydrogen-bond acceptors (Lipinski definition) is 2. The zero-order valence-corrected chi connectivity index (χ0v) is 20.7. The maximum absolute atomic E-state index is 10.9. The Morgan fingerprint density at radius 3 is 1.64 bits per heavy atom. The van der Waals surface area contributed by atoms with Crippen molar-refractivity contribution in [2.45, 2.75) is 110 Å². The molecule has 3 nitrogen and oxygen atoms in total. The maximum Gasteiger partial charge on any atom is 1.00 e. The van der Waals surface area contributed by atoms with E-state index in [1.807, 2.05) is 12.1 Å². The van der Waals surface area contributed by atoms with Crippen LogP contribution in [0.4, 0.5) is 0 Å². The molecule has 0 amide bonds. The second kappa shape index (κ2) is 22.8. The molecule has 1 rings (SSSR count). The van der Waals surface area contributed by atoms with Crippen molar-refractivity contribution in [2.75, 3.05) is 0 Å². The Morgan fingerprint density at radius 1 is 0.750 bits per heavy atom. The minimum Gasteiger partial charge on any atom is -0.872 e.